The number of hydrogen-bond acceptors (Lipinski definition) is 5. The summed E-state index contributed by atoms with van der Waals surface area (Å²) in [6.45, 7) is 1.87. The summed E-state index contributed by atoms with van der Waals surface area (Å²) in [6, 6.07) is 10.7. The summed E-state index contributed by atoms with van der Waals surface area (Å²) in [5, 5.41) is 6.46. The Kier molecular flexibility index (Phi) is 3.62. The summed E-state index contributed by atoms with van der Waals surface area (Å²) in [4.78, 5) is 20.8. The molecule has 4 aromatic rings. The van der Waals surface area contributed by atoms with E-state index < -0.39 is 5.97 Å². The molecule has 3 heterocycles. The maximum atomic E-state index is 11.8. The zero-order chi connectivity index (χ0) is 17.6. The van der Waals surface area contributed by atoms with Gasteiger partial charge in [-0.2, -0.15) is 9.78 Å². The normalized spacial score (nSPS) is 11.2. The molecule has 0 aliphatic carbocycles. The predicted octanol–water partition coefficient (Wildman–Crippen LogP) is 3.72. The van der Waals surface area contributed by atoms with Crippen LogP contribution in [0.4, 0.5) is 0 Å². The fourth-order valence-corrected chi connectivity index (χ4v) is 3.19. The fourth-order valence-electron chi connectivity index (χ4n) is 2.82. The number of ether oxygens (including phenoxy) is 1. The Morgan fingerprint density at radius 1 is 1.24 bits per heavy atom. The second kappa shape index (κ2) is 5.82. The van der Waals surface area contributed by atoms with Crippen LogP contribution in [-0.2, 0) is 4.74 Å². The number of benzene rings is 1. The van der Waals surface area contributed by atoms with Crippen molar-refractivity contribution in [2.75, 3.05) is 7.11 Å². The monoisotopic (exact) mass is 352 g/mol. The van der Waals surface area contributed by atoms with Crippen LogP contribution in [-0.4, -0.2) is 32.8 Å². The molecular weight excluding hydrogens is 340 g/mol. The summed E-state index contributed by atoms with van der Waals surface area (Å²) in [7, 11) is 1.34. The number of halogens is 1. The topological polar surface area (TPSA) is 69.9 Å². The summed E-state index contributed by atoms with van der Waals surface area (Å²) in [5.41, 5.74) is 2.46. The van der Waals surface area contributed by atoms with E-state index in [0.29, 0.717) is 33.0 Å². The number of methoxy groups -OCH3 is 1. The minimum atomic E-state index is -0.418. The maximum absolute atomic E-state index is 11.8. The molecule has 6 nitrogen and oxygen atoms in total. The van der Waals surface area contributed by atoms with Crippen LogP contribution < -0.4 is 0 Å². The lowest BCUT2D eigenvalue weighted by Gasteiger charge is -2.06. The first-order valence-corrected chi connectivity index (χ1v) is 7.96. The number of esters is 1. The maximum Gasteiger partial charge on any atom is 0.337 e. The molecule has 0 unspecified atom stereocenters. The van der Waals surface area contributed by atoms with Crippen LogP contribution in [0.2, 0.25) is 5.02 Å². The van der Waals surface area contributed by atoms with Gasteiger partial charge in [0.25, 0.3) is 0 Å². The zero-order valence-electron chi connectivity index (χ0n) is 13.5. The van der Waals surface area contributed by atoms with Gasteiger partial charge in [0.05, 0.1) is 34.3 Å². The van der Waals surface area contributed by atoms with Crippen molar-refractivity contribution >= 4 is 39.5 Å². The molecule has 3 aromatic heterocycles. The van der Waals surface area contributed by atoms with Crippen molar-refractivity contribution < 1.29 is 9.53 Å². The highest BCUT2D eigenvalue weighted by Gasteiger charge is 2.18. The zero-order valence-corrected chi connectivity index (χ0v) is 14.3. The van der Waals surface area contributed by atoms with Crippen LogP contribution in [0.3, 0.4) is 0 Å². The number of carbonyl (C=O) groups is 1. The Hall–Kier alpha value is -2.99. The Morgan fingerprint density at radius 3 is 2.80 bits per heavy atom. The van der Waals surface area contributed by atoms with Gasteiger partial charge in [0.2, 0.25) is 0 Å². The Labute approximate surface area is 148 Å². The number of fused-ring (bicyclic) bond motifs is 2. The van der Waals surface area contributed by atoms with Crippen molar-refractivity contribution in [2.24, 2.45) is 0 Å². The van der Waals surface area contributed by atoms with E-state index in [1.54, 1.807) is 29.1 Å². The molecule has 124 valence electrons. The van der Waals surface area contributed by atoms with Crippen LogP contribution >= 0.6 is 11.6 Å². The van der Waals surface area contributed by atoms with Gasteiger partial charge in [-0.1, -0.05) is 17.7 Å². The van der Waals surface area contributed by atoms with E-state index in [0.717, 1.165) is 11.1 Å². The van der Waals surface area contributed by atoms with Crippen LogP contribution in [0.1, 0.15) is 16.1 Å². The number of pyridine rings is 2. The summed E-state index contributed by atoms with van der Waals surface area (Å²) >= 11 is 6.63. The highest BCUT2D eigenvalue weighted by molar-refractivity contribution is 6.40. The third-order valence-electron chi connectivity index (χ3n) is 4.00. The SMILES string of the molecule is COC(=O)c1ccc2nc3c(c(C)nn3-c3ccccn3)c(Cl)c2c1. The number of carbonyl (C=O) groups excluding carboxylic acids is 1. The van der Waals surface area contributed by atoms with E-state index in [-0.39, 0.29) is 0 Å². The molecule has 1 aromatic carbocycles. The number of aromatic nitrogens is 4. The predicted molar refractivity (Wildman–Crippen MR) is 95.3 cm³/mol. The molecule has 0 N–H and O–H groups in total. The smallest absolute Gasteiger partial charge is 0.337 e. The number of aryl methyl sites for hydroxylation is 1. The van der Waals surface area contributed by atoms with E-state index >= 15 is 0 Å². The van der Waals surface area contributed by atoms with E-state index in [9.17, 15) is 4.79 Å². The second-order valence-corrected chi connectivity index (χ2v) is 5.91. The van der Waals surface area contributed by atoms with Crippen LogP contribution in [0.25, 0.3) is 27.8 Å². The van der Waals surface area contributed by atoms with Crippen molar-refractivity contribution in [1.29, 1.82) is 0 Å². The van der Waals surface area contributed by atoms with Crippen molar-refractivity contribution in [3.8, 4) is 5.82 Å². The molecule has 4 rings (SSSR count). The van der Waals surface area contributed by atoms with E-state index in [2.05, 4.69) is 15.1 Å². The van der Waals surface area contributed by atoms with Crippen molar-refractivity contribution in [3.05, 3.63) is 58.9 Å². The van der Waals surface area contributed by atoms with Gasteiger partial charge in [0.1, 0.15) is 0 Å². The summed E-state index contributed by atoms with van der Waals surface area (Å²) in [6.07, 6.45) is 1.70. The molecule has 0 aliphatic rings. The summed E-state index contributed by atoms with van der Waals surface area (Å²) < 4.78 is 6.44. The lowest BCUT2D eigenvalue weighted by molar-refractivity contribution is 0.0601. The van der Waals surface area contributed by atoms with Gasteiger partial charge < -0.3 is 4.74 Å². The van der Waals surface area contributed by atoms with Gasteiger partial charge >= 0.3 is 5.97 Å². The minimum absolute atomic E-state index is 0.418. The van der Waals surface area contributed by atoms with Gasteiger partial charge in [0.15, 0.2) is 11.5 Å². The lowest BCUT2D eigenvalue weighted by atomic mass is 10.1. The fraction of sp³-hybridized carbons (Fsp3) is 0.111. The Balaban J connectivity index is 2.04. The highest BCUT2D eigenvalue weighted by Crippen LogP contribution is 2.33. The molecular formula is C18H13ClN4O2. The Morgan fingerprint density at radius 2 is 2.08 bits per heavy atom. The Bertz CT molecular complexity index is 1120. The molecule has 0 bridgehead atoms. The average Bonchev–Trinajstić information content (AvgIpc) is 2.98. The molecule has 0 aliphatic heterocycles. The van der Waals surface area contributed by atoms with Crippen molar-refractivity contribution in [2.45, 2.75) is 6.92 Å². The van der Waals surface area contributed by atoms with Crippen LogP contribution in [0.15, 0.2) is 42.6 Å². The van der Waals surface area contributed by atoms with Crippen molar-refractivity contribution in [1.82, 2.24) is 19.7 Å². The molecule has 0 atom stereocenters. The first kappa shape index (κ1) is 15.5. The molecule has 25 heavy (non-hydrogen) atoms. The minimum Gasteiger partial charge on any atom is -0.465 e. The van der Waals surface area contributed by atoms with Crippen LogP contribution in [0.5, 0.6) is 0 Å². The van der Waals surface area contributed by atoms with Gasteiger partial charge in [-0.15, -0.1) is 0 Å². The van der Waals surface area contributed by atoms with Gasteiger partial charge in [-0.3, -0.25) is 0 Å². The average molecular weight is 353 g/mol. The standard InChI is InChI=1S/C18H13ClN4O2/c1-10-15-16(19)12-9-11(18(24)25-2)6-7-13(12)21-17(15)23(22-10)14-5-3-4-8-20-14/h3-9H,1-2H3. The molecule has 0 saturated carbocycles. The number of rotatable bonds is 2. The van der Waals surface area contributed by atoms with Gasteiger partial charge in [-0.25, -0.2) is 14.8 Å². The van der Waals surface area contributed by atoms with Crippen LogP contribution in [0, 0.1) is 6.92 Å². The van der Waals surface area contributed by atoms with E-state index in [4.69, 9.17) is 16.3 Å². The second-order valence-electron chi connectivity index (χ2n) is 5.53. The molecule has 0 spiro atoms. The molecule has 0 fully saturated rings. The first-order valence-electron chi connectivity index (χ1n) is 7.58. The first-order chi connectivity index (χ1) is 12.1. The number of nitrogens with zero attached hydrogens (tertiary/aromatic N) is 4. The largest absolute Gasteiger partial charge is 0.465 e. The molecule has 0 radical (unpaired) electrons. The lowest BCUT2D eigenvalue weighted by Crippen LogP contribution is -2.02. The van der Waals surface area contributed by atoms with E-state index in [1.165, 1.54) is 7.11 Å². The van der Waals surface area contributed by atoms with Gasteiger partial charge in [0, 0.05) is 11.6 Å². The van der Waals surface area contributed by atoms with E-state index in [1.807, 2.05) is 25.1 Å². The van der Waals surface area contributed by atoms with Crippen molar-refractivity contribution in [3.63, 3.8) is 0 Å². The van der Waals surface area contributed by atoms with Gasteiger partial charge in [-0.05, 0) is 37.3 Å². The molecule has 7 heteroatoms. The third kappa shape index (κ3) is 2.42. The highest BCUT2D eigenvalue weighted by atomic mass is 35.5. The number of hydrogen-bond donors (Lipinski definition) is 0. The quantitative estimate of drug-likeness (QED) is 0.514. The molecule has 0 amide bonds. The molecule has 0 saturated heterocycles. The third-order valence-corrected chi connectivity index (χ3v) is 4.39. The summed E-state index contributed by atoms with van der Waals surface area (Å²) in [5.74, 6) is 0.244.